The third-order valence-corrected chi connectivity index (χ3v) is 4.18. The summed E-state index contributed by atoms with van der Waals surface area (Å²) in [7, 11) is 1.61. The first-order valence-corrected chi connectivity index (χ1v) is 8.74. The molecule has 0 saturated carbocycles. The third kappa shape index (κ3) is 4.45. The Morgan fingerprint density at radius 1 is 1.33 bits per heavy atom. The van der Waals surface area contributed by atoms with Gasteiger partial charge in [0.25, 0.3) is 5.56 Å². The first-order chi connectivity index (χ1) is 13.1. The largest absolute Gasteiger partial charge is 0.507 e. The second kappa shape index (κ2) is 8.66. The van der Waals surface area contributed by atoms with Crippen LogP contribution >= 0.6 is 11.6 Å². The molecule has 0 radical (unpaired) electrons. The number of aromatic nitrogens is 2. The van der Waals surface area contributed by atoms with Gasteiger partial charge in [-0.25, -0.2) is 10.4 Å². The molecule has 1 aromatic heterocycles. The van der Waals surface area contributed by atoms with Crippen LogP contribution in [0.4, 0.5) is 5.95 Å². The van der Waals surface area contributed by atoms with Crippen molar-refractivity contribution < 1.29 is 9.84 Å². The highest BCUT2D eigenvalue weighted by atomic mass is 35.5. The molecule has 0 aliphatic carbocycles. The Hall–Kier alpha value is -2.90. The van der Waals surface area contributed by atoms with Gasteiger partial charge < -0.3 is 9.84 Å². The van der Waals surface area contributed by atoms with Crippen LogP contribution in [0.15, 0.2) is 52.4 Å². The predicted molar refractivity (Wildman–Crippen MR) is 107 cm³/mol. The molecule has 0 fully saturated rings. The van der Waals surface area contributed by atoms with E-state index in [1.165, 1.54) is 16.8 Å². The van der Waals surface area contributed by atoms with E-state index in [1.807, 2.05) is 6.07 Å². The normalized spacial score (nSPS) is 11.3. The van der Waals surface area contributed by atoms with Crippen molar-refractivity contribution in [2.24, 2.45) is 5.10 Å². The molecular weight excluding hydrogens is 368 g/mol. The number of phenolic OH excluding ortho intramolecular Hbond substituents is 1. The Balaban J connectivity index is 1.94. The average molecular weight is 387 g/mol. The fourth-order valence-electron chi connectivity index (χ4n) is 2.62. The number of hydrazone groups is 1. The predicted octanol–water partition coefficient (Wildman–Crippen LogP) is 3.24. The summed E-state index contributed by atoms with van der Waals surface area (Å²) in [4.78, 5) is 17.3. The van der Waals surface area contributed by atoms with E-state index < -0.39 is 0 Å². The van der Waals surface area contributed by atoms with Gasteiger partial charge in [0.1, 0.15) is 5.75 Å². The molecule has 140 valence electrons. The lowest BCUT2D eigenvalue weighted by molar-refractivity contribution is 0.190. The minimum absolute atomic E-state index is 0.0499. The van der Waals surface area contributed by atoms with Crippen molar-refractivity contribution in [1.29, 1.82) is 0 Å². The van der Waals surface area contributed by atoms with Gasteiger partial charge in [-0.15, -0.1) is 0 Å². The van der Waals surface area contributed by atoms with Gasteiger partial charge in [0.05, 0.1) is 17.1 Å². The summed E-state index contributed by atoms with van der Waals surface area (Å²) in [5.74, 6) is 0.362. The lowest BCUT2D eigenvalue weighted by Crippen LogP contribution is -2.24. The van der Waals surface area contributed by atoms with Crippen molar-refractivity contribution in [1.82, 2.24) is 9.55 Å². The molecule has 0 spiro atoms. The van der Waals surface area contributed by atoms with Crippen LogP contribution in [0.5, 0.6) is 5.75 Å². The van der Waals surface area contributed by atoms with E-state index in [-0.39, 0.29) is 11.3 Å². The van der Waals surface area contributed by atoms with Gasteiger partial charge in [0.15, 0.2) is 0 Å². The number of para-hydroxylation sites is 1. The highest BCUT2D eigenvalue weighted by molar-refractivity contribution is 6.30. The van der Waals surface area contributed by atoms with E-state index in [0.29, 0.717) is 47.0 Å². The van der Waals surface area contributed by atoms with Crippen LogP contribution in [0, 0.1) is 0 Å². The molecule has 0 unspecified atom stereocenters. The van der Waals surface area contributed by atoms with Crippen molar-refractivity contribution in [3.8, 4) is 5.75 Å². The minimum Gasteiger partial charge on any atom is -0.507 e. The summed E-state index contributed by atoms with van der Waals surface area (Å²) in [6, 6.07) is 11.8. The zero-order chi connectivity index (χ0) is 19.2. The highest BCUT2D eigenvalue weighted by Gasteiger charge is 2.10. The fraction of sp³-hybridized carbons (Fsp3) is 0.211. The molecule has 0 saturated heterocycles. The molecule has 2 aromatic carbocycles. The lowest BCUT2D eigenvalue weighted by Gasteiger charge is -2.12. The maximum atomic E-state index is 12.8. The van der Waals surface area contributed by atoms with E-state index in [1.54, 1.807) is 37.4 Å². The Kier molecular flexibility index (Phi) is 6.05. The maximum Gasteiger partial charge on any atom is 0.262 e. The van der Waals surface area contributed by atoms with Gasteiger partial charge in [0.2, 0.25) is 5.95 Å². The topological polar surface area (TPSA) is 88.7 Å². The summed E-state index contributed by atoms with van der Waals surface area (Å²) in [6.45, 7) is 0.961. The molecule has 0 amide bonds. The zero-order valence-electron chi connectivity index (χ0n) is 14.7. The quantitative estimate of drug-likeness (QED) is 0.369. The highest BCUT2D eigenvalue weighted by Crippen LogP contribution is 2.19. The van der Waals surface area contributed by atoms with Crippen LogP contribution in [0.2, 0.25) is 5.02 Å². The van der Waals surface area contributed by atoms with E-state index in [0.717, 1.165) is 0 Å². The number of aromatic hydroxyl groups is 1. The molecule has 27 heavy (non-hydrogen) atoms. The van der Waals surface area contributed by atoms with Crippen LogP contribution < -0.4 is 11.0 Å². The second-order valence-corrected chi connectivity index (χ2v) is 6.27. The molecule has 1 heterocycles. The third-order valence-electron chi connectivity index (χ3n) is 3.95. The van der Waals surface area contributed by atoms with Crippen LogP contribution in [-0.2, 0) is 11.3 Å². The number of hydrogen-bond donors (Lipinski definition) is 2. The van der Waals surface area contributed by atoms with Gasteiger partial charge in [-0.3, -0.25) is 9.36 Å². The number of ether oxygens (including phenoxy) is 1. The first-order valence-electron chi connectivity index (χ1n) is 8.36. The molecule has 2 N–H and O–H groups in total. The number of hydrogen-bond acceptors (Lipinski definition) is 6. The number of nitrogens with zero attached hydrogens (tertiary/aromatic N) is 3. The average Bonchev–Trinajstić information content (AvgIpc) is 2.67. The summed E-state index contributed by atoms with van der Waals surface area (Å²) < 4.78 is 6.59. The molecule has 0 aliphatic heterocycles. The van der Waals surface area contributed by atoms with Gasteiger partial charge in [-0.2, -0.15) is 5.10 Å². The Morgan fingerprint density at radius 2 is 2.15 bits per heavy atom. The maximum absolute atomic E-state index is 12.8. The number of phenols is 1. The molecule has 0 aliphatic rings. The van der Waals surface area contributed by atoms with E-state index in [4.69, 9.17) is 16.3 Å². The number of methoxy groups -OCH3 is 1. The van der Waals surface area contributed by atoms with Crippen molar-refractivity contribution in [2.75, 3.05) is 19.1 Å². The monoisotopic (exact) mass is 386 g/mol. The van der Waals surface area contributed by atoms with Crippen LogP contribution in [0.25, 0.3) is 10.9 Å². The number of fused-ring (bicyclic) bond motifs is 1. The molecule has 8 heteroatoms. The van der Waals surface area contributed by atoms with Crippen LogP contribution in [0.1, 0.15) is 12.0 Å². The van der Waals surface area contributed by atoms with Crippen LogP contribution in [-0.4, -0.2) is 34.6 Å². The molecule has 3 aromatic rings. The Morgan fingerprint density at radius 3 is 2.96 bits per heavy atom. The minimum atomic E-state index is -0.153. The SMILES string of the molecule is COCCCn1c(N/N=C/c2cc(Cl)ccc2O)nc2ccccc2c1=O. The molecule has 0 atom stereocenters. The summed E-state index contributed by atoms with van der Waals surface area (Å²) in [6.07, 6.45) is 2.08. The molecule has 0 bridgehead atoms. The molecule has 3 rings (SSSR count). The van der Waals surface area contributed by atoms with Crippen molar-refractivity contribution >= 4 is 34.7 Å². The smallest absolute Gasteiger partial charge is 0.262 e. The van der Waals surface area contributed by atoms with Gasteiger partial charge in [-0.05, 0) is 36.8 Å². The number of anilines is 1. The molecular formula is C19H19ClN4O3. The Labute approximate surface area is 160 Å². The number of benzene rings is 2. The molecule has 7 nitrogen and oxygen atoms in total. The Bertz CT molecular complexity index is 1030. The number of rotatable bonds is 7. The number of halogens is 1. The summed E-state index contributed by atoms with van der Waals surface area (Å²) >= 11 is 5.93. The van der Waals surface area contributed by atoms with E-state index in [9.17, 15) is 9.90 Å². The first kappa shape index (κ1) is 18.9. The fourth-order valence-corrected chi connectivity index (χ4v) is 2.80. The lowest BCUT2D eigenvalue weighted by atomic mass is 10.2. The van der Waals surface area contributed by atoms with Gasteiger partial charge >= 0.3 is 0 Å². The summed E-state index contributed by atoms with van der Waals surface area (Å²) in [5, 5.41) is 15.0. The van der Waals surface area contributed by atoms with Crippen LogP contribution in [0.3, 0.4) is 0 Å². The van der Waals surface area contributed by atoms with Crippen molar-refractivity contribution in [3.63, 3.8) is 0 Å². The number of nitrogens with one attached hydrogen (secondary N) is 1. The van der Waals surface area contributed by atoms with E-state index >= 15 is 0 Å². The van der Waals surface area contributed by atoms with Gasteiger partial charge in [0, 0.05) is 30.8 Å². The standard InChI is InChI=1S/C19H19ClN4O3/c1-27-10-4-9-24-18(26)15-5-2-3-6-16(15)22-19(24)23-21-12-13-11-14(20)7-8-17(13)25/h2-3,5-8,11-12,25H,4,9-10H2,1H3,(H,22,23)/b21-12+. The van der Waals surface area contributed by atoms with E-state index in [2.05, 4.69) is 15.5 Å². The zero-order valence-corrected chi connectivity index (χ0v) is 15.5. The summed E-state index contributed by atoms with van der Waals surface area (Å²) in [5.41, 5.74) is 3.67. The van der Waals surface area contributed by atoms with Crippen molar-refractivity contribution in [2.45, 2.75) is 13.0 Å². The van der Waals surface area contributed by atoms with Crippen molar-refractivity contribution in [3.05, 3.63) is 63.4 Å². The van der Waals surface area contributed by atoms with Gasteiger partial charge in [-0.1, -0.05) is 23.7 Å². The second-order valence-electron chi connectivity index (χ2n) is 5.83.